The van der Waals surface area contributed by atoms with Crippen LogP contribution in [0.3, 0.4) is 0 Å². The Morgan fingerprint density at radius 1 is 1.03 bits per heavy atom. The minimum absolute atomic E-state index is 0.0226. The van der Waals surface area contributed by atoms with Gasteiger partial charge in [0.2, 0.25) is 5.91 Å². The molecule has 1 saturated heterocycles. The van der Waals surface area contributed by atoms with Crippen molar-refractivity contribution >= 4 is 5.91 Å². The molecule has 29 heavy (non-hydrogen) atoms. The van der Waals surface area contributed by atoms with E-state index in [1.807, 2.05) is 23.1 Å². The van der Waals surface area contributed by atoms with Crippen molar-refractivity contribution in [3.8, 4) is 0 Å². The topological polar surface area (TPSA) is 49.6 Å². The van der Waals surface area contributed by atoms with Crippen molar-refractivity contribution in [2.75, 3.05) is 33.7 Å². The molecule has 4 nitrogen and oxygen atoms in total. The normalized spacial score (nSPS) is 17.9. The number of benzene rings is 2. The molecule has 156 valence electrons. The first-order chi connectivity index (χ1) is 13.8. The highest BCUT2D eigenvalue weighted by molar-refractivity contribution is 5.81. The van der Waals surface area contributed by atoms with Crippen molar-refractivity contribution in [3.05, 3.63) is 71.8 Å². The Labute approximate surface area is 175 Å². The quantitative estimate of drug-likeness (QED) is 0.815. The van der Waals surface area contributed by atoms with E-state index in [-0.39, 0.29) is 22.8 Å². The Balaban J connectivity index is 1.78. The molecule has 2 N–H and O–H groups in total. The number of amides is 1. The third-order valence-corrected chi connectivity index (χ3v) is 6.99. The number of nitrogens with two attached hydrogens (primary N) is 1. The summed E-state index contributed by atoms with van der Waals surface area (Å²) in [6, 6.07) is 20.9. The standard InChI is InChI=1S/C25H35N3O/c1-24(2,20-11-7-5-8-12-20)22(19-26)23(29)28-17-15-25(16-18-28,27(3)4)21-13-9-6-10-14-21/h5-14,22H,15-19,26H2,1-4H3. The lowest BCUT2D eigenvalue weighted by Crippen LogP contribution is -2.55. The van der Waals surface area contributed by atoms with Gasteiger partial charge in [0.1, 0.15) is 0 Å². The van der Waals surface area contributed by atoms with Crippen LogP contribution >= 0.6 is 0 Å². The number of piperidine rings is 1. The van der Waals surface area contributed by atoms with Crippen LogP contribution in [-0.4, -0.2) is 49.4 Å². The summed E-state index contributed by atoms with van der Waals surface area (Å²) < 4.78 is 0. The van der Waals surface area contributed by atoms with Crippen LogP contribution in [0.1, 0.15) is 37.8 Å². The van der Waals surface area contributed by atoms with Crippen LogP contribution < -0.4 is 5.73 Å². The number of rotatable bonds is 6. The lowest BCUT2D eigenvalue weighted by Gasteiger charge is -2.48. The predicted molar refractivity (Wildman–Crippen MR) is 120 cm³/mol. The maximum Gasteiger partial charge on any atom is 0.227 e. The van der Waals surface area contributed by atoms with Crippen LogP contribution in [0, 0.1) is 5.92 Å². The number of carbonyl (C=O) groups excluding carboxylic acids is 1. The summed E-state index contributed by atoms with van der Waals surface area (Å²) in [7, 11) is 4.29. The van der Waals surface area contributed by atoms with E-state index >= 15 is 0 Å². The summed E-state index contributed by atoms with van der Waals surface area (Å²) in [5.41, 5.74) is 8.31. The molecule has 1 aliphatic rings. The molecular formula is C25H35N3O. The van der Waals surface area contributed by atoms with Gasteiger partial charge in [0.05, 0.1) is 5.92 Å². The van der Waals surface area contributed by atoms with Gasteiger partial charge in [0, 0.05) is 30.6 Å². The molecule has 0 bridgehead atoms. The average molecular weight is 394 g/mol. The van der Waals surface area contributed by atoms with Gasteiger partial charge >= 0.3 is 0 Å². The van der Waals surface area contributed by atoms with Gasteiger partial charge in [-0.3, -0.25) is 9.69 Å². The summed E-state index contributed by atoms with van der Waals surface area (Å²) in [6.45, 7) is 6.14. The Kier molecular flexibility index (Phi) is 6.45. The van der Waals surface area contributed by atoms with Crippen molar-refractivity contribution in [3.63, 3.8) is 0 Å². The van der Waals surface area contributed by atoms with E-state index in [9.17, 15) is 4.79 Å². The van der Waals surface area contributed by atoms with Crippen molar-refractivity contribution in [2.24, 2.45) is 11.7 Å². The third kappa shape index (κ3) is 4.10. The fourth-order valence-corrected chi connectivity index (χ4v) is 4.83. The number of carbonyl (C=O) groups is 1. The highest BCUT2D eigenvalue weighted by Crippen LogP contribution is 2.39. The smallest absolute Gasteiger partial charge is 0.227 e. The Hall–Kier alpha value is -2.17. The van der Waals surface area contributed by atoms with Gasteiger partial charge in [0.25, 0.3) is 0 Å². The van der Waals surface area contributed by atoms with Crippen molar-refractivity contribution in [1.29, 1.82) is 0 Å². The lowest BCUT2D eigenvalue weighted by atomic mass is 9.72. The molecule has 2 aromatic rings. The van der Waals surface area contributed by atoms with Gasteiger partial charge in [0.15, 0.2) is 0 Å². The second-order valence-corrected chi connectivity index (χ2v) is 8.99. The average Bonchev–Trinajstić information content (AvgIpc) is 2.75. The van der Waals surface area contributed by atoms with E-state index in [1.165, 1.54) is 5.56 Å². The molecule has 4 heteroatoms. The second-order valence-electron chi connectivity index (χ2n) is 8.99. The third-order valence-electron chi connectivity index (χ3n) is 6.99. The summed E-state index contributed by atoms with van der Waals surface area (Å²) in [6.07, 6.45) is 1.86. The molecule has 1 atom stereocenters. The Bertz CT molecular complexity index is 793. The van der Waals surface area contributed by atoms with Crippen LogP contribution in [0.25, 0.3) is 0 Å². The van der Waals surface area contributed by atoms with E-state index in [0.29, 0.717) is 6.54 Å². The molecule has 1 fully saturated rings. The van der Waals surface area contributed by atoms with Gasteiger partial charge in [-0.2, -0.15) is 0 Å². The van der Waals surface area contributed by atoms with E-state index in [0.717, 1.165) is 31.5 Å². The number of likely N-dealkylation sites (tertiary alicyclic amines) is 1. The van der Waals surface area contributed by atoms with Crippen LogP contribution in [0.5, 0.6) is 0 Å². The van der Waals surface area contributed by atoms with Crippen LogP contribution in [0.2, 0.25) is 0 Å². The maximum absolute atomic E-state index is 13.5. The van der Waals surface area contributed by atoms with Crippen LogP contribution in [0.4, 0.5) is 0 Å². The molecule has 0 radical (unpaired) electrons. The summed E-state index contributed by atoms with van der Waals surface area (Å²) in [5, 5.41) is 0. The molecule has 1 heterocycles. The van der Waals surface area contributed by atoms with E-state index in [1.54, 1.807) is 0 Å². The summed E-state index contributed by atoms with van der Waals surface area (Å²) in [5.74, 6) is -0.0461. The van der Waals surface area contributed by atoms with E-state index in [2.05, 4.69) is 75.3 Å². The first-order valence-corrected chi connectivity index (χ1v) is 10.6. The monoisotopic (exact) mass is 393 g/mol. The maximum atomic E-state index is 13.5. The fraction of sp³-hybridized carbons (Fsp3) is 0.480. The number of nitrogens with zero attached hydrogens (tertiary/aromatic N) is 2. The zero-order valence-corrected chi connectivity index (χ0v) is 18.3. The van der Waals surface area contributed by atoms with Gasteiger partial charge in [-0.05, 0) is 38.1 Å². The molecule has 1 unspecified atom stereocenters. The molecular weight excluding hydrogens is 358 g/mol. The van der Waals surface area contributed by atoms with Gasteiger partial charge in [-0.15, -0.1) is 0 Å². The van der Waals surface area contributed by atoms with E-state index in [4.69, 9.17) is 5.73 Å². The number of hydrogen-bond acceptors (Lipinski definition) is 3. The van der Waals surface area contributed by atoms with Gasteiger partial charge < -0.3 is 10.6 Å². The van der Waals surface area contributed by atoms with Crippen molar-refractivity contribution < 1.29 is 4.79 Å². The first-order valence-electron chi connectivity index (χ1n) is 10.6. The van der Waals surface area contributed by atoms with Gasteiger partial charge in [-0.1, -0.05) is 74.5 Å². The van der Waals surface area contributed by atoms with Crippen molar-refractivity contribution in [2.45, 2.75) is 37.6 Å². The zero-order valence-electron chi connectivity index (χ0n) is 18.3. The Morgan fingerprint density at radius 3 is 2.03 bits per heavy atom. The molecule has 1 amide bonds. The molecule has 0 aliphatic carbocycles. The zero-order chi connectivity index (χ0) is 21.1. The highest BCUT2D eigenvalue weighted by Gasteiger charge is 2.43. The molecule has 2 aromatic carbocycles. The largest absolute Gasteiger partial charge is 0.342 e. The van der Waals surface area contributed by atoms with Crippen LogP contribution in [-0.2, 0) is 15.7 Å². The molecule has 1 aliphatic heterocycles. The molecule has 0 spiro atoms. The minimum atomic E-state index is -0.303. The second kappa shape index (κ2) is 8.68. The lowest BCUT2D eigenvalue weighted by molar-refractivity contribution is -0.140. The molecule has 0 aromatic heterocycles. The fourth-order valence-electron chi connectivity index (χ4n) is 4.83. The van der Waals surface area contributed by atoms with Crippen molar-refractivity contribution in [1.82, 2.24) is 9.80 Å². The Morgan fingerprint density at radius 2 is 1.55 bits per heavy atom. The highest BCUT2D eigenvalue weighted by atomic mass is 16.2. The SMILES string of the molecule is CN(C)C1(c2ccccc2)CCN(C(=O)C(CN)C(C)(C)c2ccccc2)CC1. The molecule has 3 rings (SSSR count). The number of hydrogen-bond donors (Lipinski definition) is 1. The summed E-state index contributed by atoms with van der Waals surface area (Å²) in [4.78, 5) is 17.9. The van der Waals surface area contributed by atoms with E-state index < -0.39 is 0 Å². The summed E-state index contributed by atoms with van der Waals surface area (Å²) >= 11 is 0. The van der Waals surface area contributed by atoms with Crippen LogP contribution in [0.15, 0.2) is 60.7 Å². The minimum Gasteiger partial charge on any atom is -0.342 e. The van der Waals surface area contributed by atoms with Gasteiger partial charge in [-0.25, -0.2) is 0 Å². The molecule has 0 saturated carbocycles. The predicted octanol–water partition coefficient (Wildman–Crippen LogP) is 3.62. The first kappa shape index (κ1) is 21.5.